The normalized spacial score (nSPS) is 11.2. The Morgan fingerprint density at radius 3 is 2.10 bits per heavy atom. The highest BCUT2D eigenvalue weighted by molar-refractivity contribution is 6.82. The van der Waals surface area contributed by atoms with Crippen molar-refractivity contribution in [2.24, 2.45) is 0 Å². The number of ether oxygens (including phenoxy) is 1. The molecule has 0 aliphatic heterocycles. The molecule has 0 amide bonds. The predicted octanol–water partition coefficient (Wildman–Crippen LogP) is 4.31. The zero-order valence-corrected chi connectivity index (χ0v) is 14.4. The van der Waals surface area contributed by atoms with Crippen LogP contribution in [0, 0.1) is 0 Å². The summed E-state index contributed by atoms with van der Waals surface area (Å²) in [5.74, 6) is -0.110. The molecule has 0 saturated heterocycles. The van der Waals surface area contributed by atoms with Gasteiger partial charge >= 0.3 is 5.97 Å². The maximum Gasteiger partial charge on any atom is 0.338 e. The molecular weight excluding hydrogens is 280 g/mol. The number of esters is 1. The van der Waals surface area contributed by atoms with Crippen molar-refractivity contribution in [3.8, 4) is 0 Å². The van der Waals surface area contributed by atoms with Gasteiger partial charge in [-0.15, -0.1) is 0 Å². The van der Waals surface area contributed by atoms with Crippen LogP contribution in [-0.2, 0) is 9.53 Å². The highest BCUT2D eigenvalue weighted by Gasteiger charge is 2.29. The fraction of sp³-hybridized carbons (Fsp3) is 0.529. The number of ketones is 1. The summed E-state index contributed by atoms with van der Waals surface area (Å²) >= 11 is 0. The molecule has 1 rings (SSSR count). The van der Waals surface area contributed by atoms with Gasteiger partial charge in [0, 0.05) is 12.5 Å². The second kappa shape index (κ2) is 8.77. The van der Waals surface area contributed by atoms with Crippen molar-refractivity contribution in [3.63, 3.8) is 0 Å². The second-order valence-electron chi connectivity index (χ2n) is 5.53. The van der Waals surface area contributed by atoms with Crippen LogP contribution in [0.3, 0.4) is 0 Å². The van der Waals surface area contributed by atoms with Gasteiger partial charge in [0.1, 0.15) is 5.78 Å². The van der Waals surface area contributed by atoms with Crippen LogP contribution in [0.2, 0.25) is 24.2 Å². The summed E-state index contributed by atoms with van der Waals surface area (Å²) in [6.07, 6.45) is 0.341. The van der Waals surface area contributed by atoms with Gasteiger partial charge in [0.25, 0.3) is 0 Å². The van der Waals surface area contributed by atoms with E-state index in [0.717, 1.165) is 24.2 Å². The van der Waals surface area contributed by atoms with E-state index in [0.29, 0.717) is 12.0 Å². The van der Waals surface area contributed by atoms with Gasteiger partial charge in [-0.1, -0.05) is 57.1 Å². The topological polar surface area (TPSA) is 43.4 Å². The molecule has 0 saturated carbocycles. The average molecular weight is 306 g/mol. The Bertz CT molecular complexity index is 444. The predicted molar refractivity (Wildman–Crippen MR) is 88.4 cm³/mol. The highest BCUT2D eigenvalue weighted by atomic mass is 28.3. The first-order valence-corrected chi connectivity index (χ1v) is 10.6. The summed E-state index contributed by atoms with van der Waals surface area (Å²) < 4.78 is 5.17. The number of carbonyl (C=O) groups excluding carboxylic acids is 2. The van der Waals surface area contributed by atoms with Crippen LogP contribution in [0.1, 0.15) is 37.6 Å². The largest absolute Gasteiger partial charge is 0.462 e. The summed E-state index contributed by atoms with van der Waals surface area (Å²) in [5.41, 5.74) is 0.532. The number of rotatable bonds is 9. The van der Waals surface area contributed by atoms with Gasteiger partial charge in [0.15, 0.2) is 0 Å². The minimum absolute atomic E-state index is 0.189. The lowest BCUT2D eigenvalue weighted by Gasteiger charge is -2.27. The van der Waals surface area contributed by atoms with Gasteiger partial charge in [-0.3, -0.25) is 4.79 Å². The molecular formula is C17H26O3Si. The van der Waals surface area contributed by atoms with Crippen LogP contribution in [0.5, 0.6) is 0 Å². The van der Waals surface area contributed by atoms with Crippen molar-refractivity contribution in [1.82, 2.24) is 0 Å². The molecule has 0 unspecified atom stereocenters. The minimum atomic E-state index is -1.41. The van der Waals surface area contributed by atoms with Gasteiger partial charge in [-0.05, 0) is 12.1 Å². The number of hydrogen-bond acceptors (Lipinski definition) is 3. The van der Waals surface area contributed by atoms with E-state index < -0.39 is 8.07 Å². The Hall–Kier alpha value is -1.42. The Balaban J connectivity index is 2.39. The molecule has 116 valence electrons. The summed E-state index contributed by atoms with van der Waals surface area (Å²) in [6, 6.07) is 13.0. The van der Waals surface area contributed by atoms with E-state index in [1.54, 1.807) is 24.3 Å². The van der Waals surface area contributed by atoms with Crippen molar-refractivity contribution in [1.29, 1.82) is 0 Å². The van der Waals surface area contributed by atoms with Crippen LogP contribution in [0.4, 0.5) is 0 Å². The zero-order chi connectivity index (χ0) is 15.7. The molecule has 0 spiro atoms. The van der Waals surface area contributed by atoms with E-state index in [1.165, 1.54) is 0 Å². The minimum Gasteiger partial charge on any atom is -0.462 e. The van der Waals surface area contributed by atoms with Gasteiger partial charge in [0.2, 0.25) is 0 Å². The molecule has 1 aromatic carbocycles. The third-order valence-corrected chi connectivity index (χ3v) is 10.1. The van der Waals surface area contributed by atoms with Gasteiger partial charge in [0.05, 0.1) is 20.2 Å². The van der Waals surface area contributed by atoms with E-state index >= 15 is 0 Å². The van der Waals surface area contributed by atoms with E-state index in [1.807, 2.05) is 6.07 Å². The molecule has 4 heteroatoms. The fourth-order valence-electron chi connectivity index (χ4n) is 2.55. The highest BCUT2D eigenvalue weighted by Crippen LogP contribution is 2.25. The number of carbonyl (C=O) groups is 2. The molecule has 0 fully saturated rings. The molecule has 3 nitrogen and oxygen atoms in total. The smallest absolute Gasteiger partial charge is 0.338 e. The van der Waals surface area contributed by atoms with E-state index in [-0.39, 0.29) is 18.4 Å². The van der Waals surface area contributed by atoms with E-state index in [2.05, 4.69) is 20.8 Å². The maximum absolute atomic E-state index is 12.1. The third-order valence-electron chi connectivity index (χ3n) is 4.45. The summed E-state index contributed by atoms with van der Waals surface area (Å²) in [4.78, 5) is 23.9. The monoisotopic (exact) mass is 306 g/mol. The first-order chi connectivity index (χ1) is 10.1. The van der Waals surface area contributed by atoms with Gasteiger partial charge in [-0.25, -0.2) is 4.79 Å². The van der Waals surface area contributed by atoms with Crippen molar-refractivity contribution in [2.75, 3.05) is 6.61 Å². The van der Waals surface area contributed by atoms with Crippen LogP contribution < -0.4 is 0 Å². The molecule has 1 aromatic rings. The molecule has 0 N–H and O–H groups in total. The van der Waals surface area contributed by atoms with Crippen molar-refractivity contribution in [3.05, 3.63) is 35.9 Å². The maximum atomic E-state index is 12.1. The summed E-state index contributed by atoms with van der Waals surface area (Å²) in [7, 11) is -1.41. The van der Waals surface area contributed by atoms with Gasteiger partial charge < -0.3 is 4.74 Å². The van der Waals surface area contributed by atoms with Crippen LogP contribution in [0.15, 0.2) is 30.3 Å². The van der Waals surface area contributed by atoms with Crippen molar-refractivity contribution >= 4 is 19.8 Å². The number of hydrogen-bond donors (Lipinski definition) is 0. The molecule has 0 heterocycles. The molecule has 0 radical (unpaired) electrons. The Labute approximate surface area is 128 Å². The first kappa shape index (κ1) is 17.6. The summed E-state index contributed by atoms with van der Waals surface area (Å²) in [5, 5.41) is 0. The van der Waals surface area contributed by atoms with Crippen molar-refractivity contribution < 1.29 is 14.3 Å². The van der Waals surface area contributed by atoms with Crippen molar-refractivity contribution in [2.45, 2.75) is 51.4 Å². The Morgan fingerprint density at radius 1 is 1.00 bits per heavy atom. The second-order valence-corrected chi connectivity index (χ2v) is 11.0. The zero-order valence-electron chi connectivity index (χ0n) is 13.4. The molecule has 0 aliphatic carbocycles. The average Bonchev–Trinajstić information content (AvgIpc) is 2.53. The summed E-state index contributed by atoms with van der Waals surface area (Å²) in [6.45, 7) is 6.78. The standard InChI is InChI=1S/C17H26O3Si/c1-4-21(5-2,6-3)14-16(18)12-13-20-17(19)15-10-8-7-9-11-15/h7-11H,4-6,12-14H2,1-3H3. The Morgan fingerprint density at radius 2 is 1.57 bits per heavy atom. The lowest BCUT2D eigenvalue weighted by atomic mass is 10.2. The lowest BCUT2D eigenvalue weighted by molar-refractivity contribution is -0.117. The lowest BCUT2D eigenvalue weighted by Crippen LogP contribution is -2.34. The van der Waals surface area contributed by atoms with E-state index in [4.69, 9.17) is 4.74 Å². The Kier molecular flexibility index (Phi) is 7.36. The first-order valence-electron chi connectivity index (χ1n) is 7.80. The quantitative estimate of drug-likeness (QED) is 0.504. The number of Topliss-reactive ketones (excluding diaryl/α,β-unsaturated/α-hetero) is 1. The van der Waals surface area contributed by atoms with Crippen LogP contribution >= 0.6 is 0 Å². The molecule has 21 heavy (non-hydrogen) atoms. The fourth-order valence-corrected chi connectivity index (χ4v) is 5.81. The SMILES string of the molecule is CC[Si](CC)(CC)CC(=O)CCOC(=O)c1ccccc1. The third kappa shape index (κ3) is 5.46. The molecule has 0 bridgehead atoms. The molecule has 0 aromatic heterocycles. The van der Waals surface area contributed by atoms with E-state index in [9.17, 15) is 9.59 Å². The van der Waals surface area contributed by atoms with Crippen LogP contribution in [-0.4, -0.2) is 26.4 Å². The van der Waals surface area contributed by atoms with Crippen LogP contribution in [0.25, 0.3) is 0 Å². The molecule has 0 aliphatic rings. The molecule has 0 atom stereocenters. The van der Waals surface area contributed by atoms with Gasteiger partial charge in [-0.2, -0.15) is 0 Å². The number of benzene rings is 1.